The first-order chi connectivity index (χ1) is 6.54. The van der Waals surface area contributed by atoms with E-state index in [1.165, 1.54) is 0 Å². The van der Waals surface area contributed by atoms with E-state index in [9.17, 15) is 0 Å². The number of rotatable bonds is 3. The first-order valence-electron chi connectivity index (χ1n) is 4.77. The molecule has 1 heterocycles. The summed E-state index contributed by atoms with van der Waals surface area (Å²) in [5.74, 6) is 0.637. The number of anilines is 1. The third-order valence-corrected chi connectivity index (χ3v) is 2.15. The summed E-state index contributed by atoms with van der Waals surface area (Å²) >= 11 is 0. The maximum atomic E-state index is 5.69. The SMILES string of the molecule is CC(C)(C)C(CN)Nc1ncccn1. The van der Waals surface area contributed by atoms with Gasteiger partial charge in [-0.25, -0.2) is 9.97 Å². The molecule has 0 radical (unpaired) electrons. The van der Waals surface area contributed by atoms with E-state index in [1.54, 1.807) is 18.5 Å². The van der Waals surface area contributed by atoms with Crippen molar-refractivity contribution in [2.75, 3.05) is 11.9 Å². The van der Waals surface area contributed by atoms with E-state index in [1.807, 2.05) is 0 Å². The van der Waals surface area contributed by atoms with Gasteiger partial charge in [0.25, 0.3) is 0 Å². The zero-order valence-corrected chi connectivity index (χ0v) is 8.99. The van der Waals surface area contributed by atoms with E-state index in [2.05, 4.69) is 36.1 Å². The van der Waals surface area contributed by atoms with Crippen LogP contribution in [0.4, 0.5) is 5.95 Å². The third kappa shape index (κ3) is 2.96. The molecule has 0 bridgehead atoms. The Hall–Kier alpha value is -1.16. The quantitative estimate of drug-likeness (QED) is 0.760. The second kappa shape index (κ2) is 4.37. The van der Waals surface area contributed by atoms with Crippen LogP contribution in [0.5, 0.6) is 0 Å². The van der Waals surface area contributed by atoms with Crippen molar-refractivity contribution < 1.29 is 0 Å². The molecule has 14 heavy (non-hydrogen) atoms. The van der Waals surface area contributed by atoms with E-state index in [0.29, 0.717) is 12.5 Å². The van der Waals surface area contributed by atoms with E-state index in [-0.39, 0.29) is 11.5 Å². The van der Waals surface area contributed by atoms with Gasteiger partial charge in [-0.05, 0) is 11.5 Å². The molecule has 0 fully saturated rings. The highest BCUT2D eigenvalue weighted by atomic mass is 15.1. The minimum absolute atomic E-state index is 0.105. The van der Waals surface area contributed by atoms with Crippen LogP contribution in [0, 0.1) is 5.41 Å². The highest BCUT2D eigenvalue weighted by Gasteiger charge is 2.23. The molecule has 0 spiro atoms. The molecule has 0 aliphatic carbocycles. The van der Waals surface area contributed by atoms with Crippen LogP contribution >= 0.6 is 0 Å². The van der Waals surface area contributed by atoms with Gasteiger partial charge in [-0.1, -0.05) is 20.8 Å². The molecular formula is C10H18N4. The fraction of sp³-hybridized carbons (Fsp3) is 0.600. The molecule has 3 N–H and O–H groups in total. The van der Waals surface area contributed by atoms with Gasteiger partial charge < -0.3 is 11.1 Å². The minimum atomic E-state index is 0.105. The lowest BCUT2D eigenvalue weighted by molar-refractivity contribution is 0.344. The smallest absolute Gasteiger partial charge is 0.222 e. The lowest BCUT2D eigenvalue weighted by atomic mass is 9.87. The Morgan fingerprint density at radius 1 is 1.36 bits per heavy atom. The lowest BCUT2D eigenvalue weighted by Crippen LogP contribution is -2.40. The van der Waals surface area contributed by atoms with Gasteiger partial charge in [0, 0.05) is 25.0 Å². The molecule has 0 amide bonds. The molecule has 0 aliphatic heterocycles. The number of hydrogen-bond donors (Lipinski definition) is 2. The molecule has 0 aliphatic rings. The van der Waals surface area contributed by atoms with E-state index >= 15 is 0 Å². The summed E-state index contributed by atoms with van der Waals surface area (Å²) in [5, 5.41) is 3.22. The molecule has 1 aromatic heterocycles. The van der Waals surface area contributed by atoms with Crippen LogP contribution in [0.2, 0.25) is 0 Å². The second-order valence-electron chi connectivity index (χ2n) is 4.37. The number of nitrogens with two attached hydrogens (primary N) is 1. The molecule has 0 saturated carbocycles. The fourth-order valence-corrected chi connectivity index (χ4v) is 1.16. The molecule has 0 saturated heterocycles. The summed E-state index contributed by atoms with van der Waals surface area (Å²) in [4.78, 5) is 8.20. The molecule has 0 aromatic carbocycles. The summed E-state index contributed by atoms with van der Waals surface area (Å²) in [6.07, 6.45) is 3.43. The molecule has 1 atom stereocenters. The van der Waals surface area contributed by atoms with Gasteiger partial charge in [0.2, 0.25) is 5.95 Å². The molecule has 4 nitrogen and oxygen atoms in total. The number of aromatic nitrogens is 2. The van der Waals surface area contributed by atoms with Crippen LogP contribution in [0.3, 0.4) is 0 Å². The average molecular weight is 194 g/mol. The Balaban J connectivity index is 2.67. The van der Waals surface area contributed by atoms with Crippen molar-refractivity contribution >= 4 is 5.95 Å². The van der Waals surface area contributed by atoms with Crippen molar-refractivity contribution in [3.05, 3.63) is 18.5 Å². The van der Waals surface area contributed by atoms with Crippen LogP contribution in [-0.4, -0.2) is 22.6 Å². The maximum Gasteiger partial charge on any atom is 0.222 e. The fourth-order valence-electron chi connectivity index (χ4n) is 1.16. The summed E-state index contributed by atoms with van der Waals surface area (Å²) in [5.41, 5.74) is 5.79. The Morgan fingerprint density at radius 2 is 1.93 bits per heavy atom. The standard InChI is InChI=1S/C10H18N4/c1-10(2,3)8(7-11)14-9-12-5-4-6-13-9/h4-6,8H,7,11H2,1-3H3,(H,12,13,14). The minimum Gasteiger partial charge on any atom is -0.350 e. The summed E-state index contributed by atoms with van der Waals surface area (Å²) in [7, 11) is 0. The summed E-state index contributed by atoms with van der Waals surface area (Å²) in [6, 6.07) is 1.98. The zero-order chi connectivity index (χ0) is 10.6. The molecule has 78 valence electrons. The van der Waals surface area contributed by atoms with Crippen molar-refractivity contribution in [2.24, 2.45) is 11.1 Å². The molecule has 1 aromatic rings. The summed E-state index contributed by atoms with van der Waals surface area (Å²) in [6.45, 7) is 6.99. The Bertz CT molecular complexity index is 265. The zero-order valence-electron chi connectivity index (χ0n) is 8.99. The first-order valence-corrected chi connectivity index (χ1v) is 4.77. The highest BCUT2D eigenvalue weighted by molar-refractivity contribution is 5.25. The molecule has 1 unspecified atom stereocenters. The Kier molecular flexibility index (Phi) is 3.41. The number of hydrogen-bond acceptors (Lipinski definition) is 4. The van der Waals surface area contributed by atoms with E-state index in [4.69, 9.17) is 5.73 Å². The van der Waals surface area contributed by atoms with Crippen molar-refractivity contribution in [3.8, 4) is 0 Å². The van der Waals surface area contributed by atoms with Crippen LogP contribution in [-0.2, 0) is 0 Å². The maximum absolute atomic E-state index is 5.69. The van der Waals surface area contributed by atoms with Gasteiger partial charge in [-0.15, -0.1) is 0 Å². The van der Waals surface area contributed by atoms with Gasteiger partial charge in [-0.3, -0.25) is 0 Å². The first kappa shape index (κ1) is 10.9. The largest absolute Gasteiger partial charge is 0.350 e. The molecule has 1 rings (SSSR count). The van der Waals surface area contributed by atoms with Gasteiger partial charge in [0.1, 0.15) is 0 Å². The van der Waals surface area contributed by atoms with Gasteiger partial charge in [0.05, 0.1) is 0 Å². The van der Waals surface area contributed by atoms with E-state index in [0.717, 1.165) is 0 Å². The van der Waals surface area contributed by atoms with Crippen molar-refractivity contribution in [1.29, 1.82) is 0 Å². The Morgan fingerprint density at radius 3 is 2.36 bits per heavy atom. The third-order valence-electron chi connectivity index (χ3n) is 2.15. The average Bonchev–Trinajstić information content (AvgIpc) is 2.14. The lowest BCUT2D eigenvalue weighted by Gasteiger charge is -2.30. The van der Waals surface area contributed by atoms with Crippen LogP contribution < -0.4 is 11.1 Å². The van der Waals surface area contributed by atoms with Gasteiger partial charge in [-0.2, -0.15) is 0 Å². The van der Waals surface area contributed by atoms with Crippen LogP contribution in [0.25, 0.3) is 0 Å². The Labute approximate surface area is 85.0 Å². The molecular weight excluding hydrogens is 176 g/mol. The predicted octanol–water partition coefficient (Wildman–Crippen LogP) is 1.26. The van der Waals surface area contributed by atoms with Gasteiger partial charge >= 0.3 is 0 Å². The topological polar surface area (TPSA) is 63.8 Å². The van der Waals surface area contributed by atoms with Crippen LogP contribution in [0.1, 0.15) is 20.8 Å². The normalized spacial score (nSPS) is 13.7. The van der Waals surface area contributed by atoms with Crippen molar-refractivity contribution in [3.63, 3.8) is 0 Å². The van der Waals surface area contributed by atoms with Gasteiger partial charge in [0.15, 0.2) is 0 Å². The number of nitrogens with one attached hydrogen (secondary N) is 1. The monoisotopic (exact) mass is 194 g/mol. The molecule has 4 heteroatoms. The second-order valence-corrected chi connectivity index (χ2v) is 4.37. The highest BCUT2D eigenvalue weighted by Crippen LogP contribution is 2.20. The number of nitrogens with zero attached hydrogens (tertiary/aromatic N) is 2. The predicted molar refractivity (Wildman–Crippen MR) is 58.0 cm³/mol. The van der Waals surface area contributed by atoms with E-state index < -0.39 is 0 Å². The summed E-state index contributed by atoms with van der Waals surface area (Å²) < 4.78 is 0. The van der Waals surface area contributed by atoms with Crippen molar-refractivity contribution in [2.45, 2.75) is 26.8 Å². The van der Waals surface area contributed by atoms with Crippen LogP contribution in [0.15, 0.2) is 18.5 Å². The van der Waals surface area contributed by atoms with Crippen molar-refractivity contribution in [1.82, 2.24) is 9.97 Å².